The lowest BCUT2D eigenvalue weighted by molar-refractivity contribution is -0.136. The molecule has 3 heterocycles. The number of carbonyl (C=O) groups excluding carboxylic acids is 3. The molecule has 3 atom stereocenters. The summed E-state index contributed by atoms with van der Waals surface area (Å²) in [7, 11) is 1.65. The van der Waals surface area contributed by atoms with Crippen LogP contribution in [0.15, 0.2) is 42.5 Å². The van der Waals surface area contributed by atoms with Gasteiger partial charge in [0.15, 0.2) is 11.5 Å². The minimum atomic E-state index is -0.612. The predicted octanol–water partition coefficient (Wildman–Crippen LogP) is 2.52. The van der Waals surface area contributed by atoms with E-state index in [-0.39, 0.29) is 30.4 Å². The summed E-state index contributed by atoms with van der Waals surface area (Å²) in [6, 6.07) is 13.0. The van der Waals surface area contributed by atoms with E-state index in [0.717, 1.165) is 55.2 Å². The van der Waals surface area contributed by atoms with Gasteiger partial charge in [-0.1, -0.05) is 12.1 Å². The van der Waals surface area contributed by atoms with E-state index >= 15 is 0 Å². The monoisotopic (exact) mass is 505 g/mol. The Morgan fingerprint density at radius 3 is 2.54 bits per heavy atom. The van der Waals surface area contributed by atoms with E-state index in [9.17, 15) is 14.4 Å². The van der Waals surface area contributed by atoms with E-state index in [0.29, 0.717) is 24.6 Å². The number of hydrogen-bond acceptors (Lipinski definition) is 7. The van der Waals surface area contributed by atoms with Crippen LogP contribution in [0, 0.1) is 0 Å². The van der Waals surface area contributed by atoms with Crippen molar-refractivity contribution in [3.63, 3.8) is 0 Å². The van der Waals surface area contributed by atoms with Gasteiger partial charge in [-0.2, -0.15) is 0 Å². The molecule has 4 aliphatic rings. The van der Waals surface area contributed by atoms with E-state index in [1.807, 2.05) is 36.4 Å². The van der Waals surface area contributed by atoms with Crippen molar-refractivity contribution in [2.24, 2.45) is 0 Å². The second-order valence-electron chi connectivity index (χ2n) is 10.2. The van der Waals surface area contributed by atoms with Gasteiger partial charge in [-0.25, -0.2) is 0 Å². The maximum atomic E-state index is 13.0. The summed E-state index contributed by atoms with van der Waals surface area (Å²) in [5.74, 6) is 1.41. The summed E-state index contributed by atoms with van der Waals surface area (Å²) in [5.41, 5.74) is 1.45. The lowest BCUT2D eigenvalue weighted by Gasteiger charge is -2.44. The first-order valence-electron chi connectivity index (χ1n) is 13.0. The topological polar surface area (TPSA) is 97.4 Å². The van der Waals surface area contributed by atoms with Crippen molar-refractivity contribution in [3.05, 3.63) is 53.6 Å². The molecule has 2 aromatic rings. The molecular formula is C28H31N3O6. The SMILES string of the molecule is COc1ccccc1OC1CN([C@H]2CCC[C@@H]2Oc2ccc3c(c2)CN(C2CCC(=O)NC2=O)C3=O)C1. The number of fused-ring (bicyclic) bond motifs is 1. The van der Waals surface area contributed by atoms with Crippen LogP contribution < -0.4 is 19.5 Å². The zero-order valence-electron chi connectivity index (χ0n) is 20.9. The van der Waals surface area contributed by atoms with Crippen molar-refractivity contribution < 1.29 is 28.6 Å². The fourth-order valence-electron chi connectivity index (χ4n) is 5.97. The predicted molar refractivity (Wildman–Crippen MR) is 134 cm³/mol. The van der Waals surface area contributed by atoms with Crippen molar-refractivity contribution in [2.45, 2.75) is 62.9 Å². The first-order chi connectivity index (χ1) is 18.0. The van der Waals surface area contributed by atoms with E-state index in [4.69, 9.17) is 14.2 Å². The molecule has 3 amide bonds. The van der Waals surface area contributed by atoms with E-state index in [1.54, 1.807) is 18.1 Å². The molecule has 6 rings (SSSR count). The molecule has 0 bridgehead atoms. The normalized spacial score (nSPS) is 26.0. The van der Waals surface area contributed by atoms with Gasteiger partial charge < -0.3 is 19.1 Å². The summed E-state index contributed by atoms with van der Waals surface area (Å²) >= 11 is 0. The van der Waals surface area contributed by atoms with Gasteiger partial charge in [0.2, 0.25) is 11.8 Å². The molecule has 0 radical (unpaired) electrons. The van der Waals surface area contributed by atoms with Gasteiger partial charge in [0.05, 0.1) is 7.11 Å². The molecule has 1 unspecified atom stereocenters. The Morgan fingerprint density at radius 2 is 1.76 bits per heavy atom. The highest BCUT2D eigenvalue weighted by molar-refractivity contribution is 6.05. The van der Waals surface area contributed by atoms with Crippen LogP contribution in [0.1, 0.15) is 48.0 Å². The number of ether oxygens (including phenoxy) is 3. The molecule has 1 saturated carbocycles. The van der Waals surface area contributed by atoms with Crippen molar-refractivity contribution in [2.75, 3.05) is 20.2 Å². The zero-order chi connectivity index (χ0) is 25.5. The number of rotatable bonds is 7. The van der Waals surface area contributed by atoms with Crippen LogP contribution in [0.25, 0.3) is 0 Å². The summed E-state index contributed by atoms with van der Waals surface area (Å²) in [6.07, 6.45) is 3.98. The lowest BCUT2D eigenvalue weighted by Crippen LogP contribution is -2.60. The van der Waals surface area contributed by atoms with E-state index in [2.05, 4.69) is 10.2 Å². The quantitative estimate of drug-likeness (QED) is 0.578. The first-order valence-corrected chi connectivity index (χ1v) is 13.0. The summed E-state index contributed by atoms with van der Waals surface area (Å²) in [4.78, 5) is 40.8. The van der Waals surface area contributed by atoms with Crippen LogP contribution >= 0.6 is 0 Å². The number of amides is 3. The van der Waals surface area contributed by atoms with Crippen molar-refractivity contribution in [3.8, 4) is 17.2 Å². The molecule has 3 fully saturated rings. The molecular weight excluding hydrogens is 474 g/mol. The third kappa shape index (κ3) is 4.52. The molecule has 37 heavy (non-hydrogen) atoms. The summed E-state index contributed by atoms with van der Waals surface area (Å²) < 4.78 is 18.0. The Bertz CT molecular complexity index is 1230. The fraction of sp³-hybridized carbons (Fsp3) is 0.464. The average molecular weight is 506 g/mol. The number of methoxy groups -OCH3 is 1. The fourth-order valence-corrected chi connectivity index (χ4v) is 5.97. The molecule has 1 N–H and O–H groups in total. The lowest BCUT2D eigenvalue weighted by atomic mass is 10.0. The second kappa shape index (κ2) is 9.70. The maximum absolute atomic E-state index is 13.0. The summed E-state index contributed by atoms with van der Waals surface area (Å²) in [5, 5.41) is 2.35. The van der Waals surface area contributed by atoms with Crippen LogP contribution in [0.3, 0.4) is 0 Å². The first kappa shape index (κ1) is 23.8. The number of piperidine rings is 1. The average Bonchev–Trinajstić information content (AvgIpc) is 3.45. The molecule has 9 heteroatoms. The highest BCUT2D eigenvalue weighted by Gasteiger charge is 2.42. The van der Waals surface area contributed by atoms with Gasteiger partial charge in [-0.15, -0.1) is 0 Å². The minimum absolute atomic E-state index is 0.0774. The molecule has 9 nitrogen and oxygen atoms in total. The minimum Gasteiger partial charge on any atom is -0.493 e. The number of nitrogens with zero attached hydrogens (tertiary/aromatic N) is 2. The maximum Gasteiger partial charge on any atom is 0.255 e. The van der Waals surface area contributed by atoms with E-state index < -0.39 is 11.9 Å². The molecule has 0 spiro atoms. The number of imide groups is 1. The van der Waals surface area contributed by atoms with Crippen molar-refractivity contribution >= 4 is 17.7 Å². The van der Waals surface area contributed by atoms with Crippen LogP contribution in [-0.2, 0) is 16.1 Å². The third-order valence-corrected chi connectivity index (χ3v) is 7.91. The third-order valence-electron chi connectivity index (χ3n) is 7.91. The Morgan fingerprint density at radius 1 is 0.946 bits per heavy atom. The van der Waals surface area contributed by atoms with Gasteiger partial charge in [0.1, 0.15) is 24.0 Å². The Hall–Kier alpha value is -3.59. The van der Waals surface area contributed by atoms with Gasteiger partial charge >= 0.3 is 0 Å². The van der Waals surface area contributed by atoms with Crippen LogP contribution in [0.5, 0.6) is 17.2 Å². The summed E-state index contributed by atoms with van der Waals surface area (Å²) in [6.45, 7) is 2.05. The van der Waals surface area contributed by atoms with Crippen LogP contribution in [0.2, 0.25) is 0 Å². The van der Waals surface area contributed by atoms with Crippen LogP contribution in [0.4, 0.5) is 0 Å². The van der Waals surface area contributed by atoms with E-state index in [1.165, 1.54) is 0 Å². The number of benzene rings is 2. The van der Waals surface area contributed by atoms with Crippen molar-refractivity contribution in [1.29, 1.82) is 0 Å². The van der Waals surface area contributed by atoms with Gasteiger partial charge in [0, 0.05) is 37.7 Å². The highest BCUT2D eigenvalue weighted by atomic mass is 16.5. The number of hydrogen-bond donors (Lipinski definition) is 1. The Labute approximate surface area is 215 Å². The number of nitrogens with one attached hydrogen (secondary N) is 1. The number of likely N-dealkylation sites (tertiary alicyclic amines) is 1. The standard InChI is InChI=1S/C28H31N3O6/c1-35-24-6-2-3-7-25(24)37-19-15-30(16-19)21-5-4-8-23(21)36-18-9-10-20-17(13-18)14-31(28(20)34)22-11-12-26(32)29-27(22)33/h2-3,6-7,9-10,13,19,21-23H,4-5,8,11-12,14-16H2,1H3,(H,29,32,33)/t21-,22?,23-/m0/s1. The van der Waals surface area contributed by atoms with Crippen molar-refractivity contribution in [1.82, 2.24) is 15.1 Å². The zero-order valence-corrected chi connectivity index (χ0v) is 20.9. The Balaban J connectivity index is 1.07. The van der Waals surface area contributed by atoms with Crippen LogP contribution in [-0.4, -0.2) is 72.0 Å². The highest BCUT2D eigenvalue weighted by Crippen LogP contribution is 2.35. The molecule has 2 saturated heterocycles. The molecule has 0 aromatic heterocycles. The molecule has 3 aliphatic heterocycles. The van der Waals surface area contributed by atoms with Gasteiger partial charge in [-0.05, 0) is 61.6 Å². The number of para-hydroxylation sites is 2. The number of carbonyl (C=O) groups is 3. The molecule has 2 aromatic carbocycles. The largest absolute Gasteiger partial charge is 0.493 e. The smallest absolute Gasteiger partial charge is 0.255 e. The molecule has 1 aliphatic carbocycles. The second-order valence-corrected chi connectivity index (χ2v) is 10.2. The molecule has 194 valence electrons. The Kier molecular flexibility index (Phi) is 6.24. The van der Waals surface area contributed by atoms with Gasteiger partial charge in [-0.3, -0.25) is 24.6 Å². The van der Waals surface area contributed by atoms with Gasteiger partial charge in [0.25, 0.3) is 5.91 Å².